The van der Waals surface area contributed by atoms with Crippen molar-refractivity contribution >= 4 is 11.3 Å². The summed E-state index contributed by atoms with van der Waals surface area (Å²) in [7, 11) is 0. The van der Waals surface area contributed by atoms with Gasteiger partial charge in [-0.2, -0.15) is 11.3 Å². The fourth-order valence-electron chi connectivity index (χ4n) is 1.78. The number of ether oxygens (including phenoxy) is 1. The predicted molar refractivity (Wildman–Crippen MR) is 64.7 cm³/mol. The monoisotopic (exact) mass is 228 g/mol. The number of hydrazine groups is 1. The van der Waals surface area contributed by atoms with Crippen molar-refractivity contribution in [2.75, 3.05) is 6.61 Å². The molecular formula is C11H20N2OS. The average Bonchev–Trinajstić information content (AvgIpc) is 2.72. The zero-order valence-corrected chi connectivity index (χ0v) is 10.4. The molecule has 86 valence electrons. The third-order valence-electron chi connectivity index (χ3n) is 2.83. The Kier molecular flexibility index (Phi) is 4.73. The standard InChI is InChI=1S/C11H20N2OS/c1-4-11(3,14-5-2)10(13-12)9-6-7-15-8-9/h6-8,10,13H,4-5,12H2,1-3H3. The van der Waals surface area contributed by atoms with Gasteiger partial charge >= 0.3 is 0 Å². The van der Waals surface area contributed by atoms with Crippen molar-refractivity contribution in [3.8, 4) is 0 Å². The Labute approximate surface area is 95.6 Å². The van der Waals surface area contributed by atoms with E-state index in [1.54, 1.807) is 11.3 Å². The number of hydrogen-bond acceptors (Lipinski definition) is 4. The number of rotatable bonds is 6. The molecule has 0 saturated heterocycles. The van der Waals surface area contributed by atoms with Crippen molar-refractivity contribution in [1.82, 2.24) is 5.43 Å². The van der Waals surface area contributed by atoms with Crippen LogP contribution in [0.4, 0.5) is 0 Å². The summed E-state index contributed by atoms with van der Waals surface area (Å²) in [6, 6.07) is 2.14. The minimum Gasteiger partial charge on any atom is -0.374 e. The Balaban J connectivity index is 2.88. The summed E-state index contributed by atoms with van der Waals surface area (Å²) in [5.74, 6) is 5.63. The Morgan fingerprint density at radius 1 is 1.60 bits per heavy atom. The average molecular weight is 228 g/mol. The number of thiophene rings is 1. The van der Waals surface area contributed by atoms with Gasteiger partial charge in [-0.15, -0.1) is 0 Å². The first-order valence-electron chi connectivity index (χ1n) is 5.30. The van der Waals surface area contributed by atoms with Crippen LogP contribution in [0, 0.1) is 0 Å². The third-order valence-corrected chi connectivity index (χ3v) is 3.53. The van der Waals surface area contributed by atoms with Gasteiger partial charge in [0.15, 0.2) is 0 Å². The minimum absolute atomic E-state index is 0.0497. The summed E-state index contributed by atoms with van der Waals surface area (Å²) in [5, 5.41) is 4.17. The van der Waals surface area contributed by atoms with Gasteiger partial charge in [0.05, 0.1) is 11.6 Å². The lowest BCUT2D eigenvalue weighted by Gasteiger charge is -2.36. The van der Waals surface area contributed by atoms with Crippen LogP contribution in [0.25, 0.3) is 0 Å². The molecule has 2 unspecified atom stereocenters. The molecule has 0 aromatic carbocycles. The number of hydrogen-bond donors (Lipinski definition) is 2. The van der Waals surface area contributed by atoms with E-state index in [0.29, 0.717) is 6.61 Å². The lowest BCUT2D eigenvalue weighted by Crippen LogP contribution is -2.46. The third kappa shape index (κ3) is 2.78. The molecule has 0 spiro atoms. The summed E-state index contributed by atoms with van der Waals surface area (Å²) < 4.78 is 5.82. The van der Waals surface area contributed by atoms with Crippen molar-refractivity contribution in [3.63, 3.8) is 0 Å². The van der Waals surface area contributed by atoms with Gasteiger partial charge < -0.3 is 4.74 Å². The first kappa shape index (κ1) is 12.6. The smallest absolute Gasteiger partial charge is 0.0858 e. The van der Waals surface area contributed by atoms with Crippen LogP contribution in [0.2, 0.25) is 0 Å². The molecule has 0 bridgehead atoms. The summed E-state index contributed by atoms with van der Waals surface area (Å²) in [4.78, 5) is 0. The Hall–Kier alpha value is -0.420. The summed E-state index contributed by atoms with van der Waals surface area (Å²) in [6.45, 7) is 6.92. The van der Waals surface area contributed by atoms with Gasteiger partial charge in [0, 0.05) is 6.61 Å². The van der Waals surface area contributed by atoms with E-state index >= 15 is 0 Å². The highest BCUT2D eigenvalue weighted by Gasteiger charge is 2.33. The number of nitrogens with two attached hydrogens (primary N) is 1. The maximum atomic E-state index is 5.82. The molecule has 1 heterocycles. The number of nitrogens with one attached hydrogen (secondary N) is 1. The molecule has 0 saturated carbocycles. The van der Waals surface area contributed by atoms with Crippen LogP contribution in [-0.4, -0.2) is 12.2 Å². The largest absolute Gasteiger partial charge is 0.374 e. The van der Waals surface area contributed by atoms with E-state index in [-0.39, 0.29) is 11.6 Å². The molecule has 15 heavy (non-hydrogen) atoms. The van der Waals surface area contributed by atoms with E-state index < -0.39 is 0 Å². The molecule has 0 aliphatic heterocycles. The molecule has 1 rings (SSSR count). The molecule has 3 N–H and O–H groups in total. The molecule has 1 aromatic heterocycles. The molecule has 0 radical (unpaired) electrons. The lowest BCUT2D eigenvalue weighted by molar-refractivity contribution is -0.0563. The Morgan fingerprint density at radius 3 is 2.73 bits per heavy atom. The molecule has 0 aliphatic rings. The van der Waals surface area contributed by atoms with E-state index in [4.69, 9.17) is 10.6 Å². The first-order valence-corrected chi connectivity index (χ1v) is 6.24. The van der Waals surface area contributed by atoms with Crippen LogP contribution in [0.15, 0.2) is 16.8 Å². The van der Waals surface area contributed by atoms with Gasteiger partial charge in [0.1, 0.15) is 0 Å². The maximum absolute atomic E-state index is 5.82. The summed E-state index contributed by atoms with van der Waals surface area (Å²) >= 11 is 1.68. The van der Waals surface area contributed by atoms with Crippen LogP contribution >= 0.6 is 11.3 Å². The van der Waals surface area contributed by atoms with Gasteiger partial charge in [-0.25, -0.2) is 0 Å². The van der Waals surface area contributed by atoms with E-state index in [1.807, 2.05) is 6.92 Å². The predicted octanol–water partition coefficient (Wildman–Crippen LogP) is 2.46. The highest BCUT2D eigenvalue weighted by Crippen LogP contribution is 2.32. The zero-order chi connectivity index (χ0) is 11.3. The van der Waals surface area contributed by atoms with Crippen molar-refractivity contribution in [1.29, 1.82) is 0 Å². The molecule has 0 aliphatic carbocycles. The Morgan fingerprint density at radius 2 is 2.33 bits per heavy atom. The molecule has 2 atom stereocenters. The van der Waals surface area contributed by atoms with Crippen molar-refractivity contribution in [2.45, 2.75) is 38.8 Å². The quantitative estimate of drug-likeness (QED) is 0.581. The van der Waals surface area contributed by atoms with Crippen LogP contribution in [0.3, 0.4) is 0 Å². The van der Waals surface area contributed by atoms with Gasteiger partial charge in [-0.1, -0.05) is 6.92 Å². The fourth-order valence-corrected chi connectivity index (χ4v) is 2.47. The van der Waals surface area contributed by atoms with Crippen LogP contribution in [0.1, 0.15) is 38.8 Å². The van der Waals surface area contributed by atoms with Gasteiger partial charge in [-0.3, -0.25) is 11.3 Å². The van der Waals surface area contributed by atoms with E-state index in [9.17, 15) is 0 Å². The second-order valence-corrected chi connectivity index (χ2v) is 4.54. The van der Waals surface area contributed by atoms with Crippen LogP contribution < -0.4 is 11.3 Å². The second-order valence-electron chi connectivity index (χ2n) is 3.76. The topological polar surface area (TPSA) is 47.3 Å². The molecule has 1 aromatic rings. The van der Waals surface area contributed by atoms with Gasteiger partial charge in [0.2, 0.25) is 0 Å². The SMILES string of the molecule is CCOC(C)(CC)C(NN)c1ccsc1. The van der Waals surface area contributed by atoms with Crippen molar-refractivity contribution in [3.05, 3.63) is 22.4 Å². The van der Waals surface area contributed by atoms with E-state index in [0.717, 1.165) is 6.42 Å². The molecular weight excluding hydrogens is 208 g/mol. The van der Waals surface area contributed by atoms with Gasteiger partial charge in [0.25, 0.3) is 0 Å². The normalized spacial score (nSPS) is 17.3. The maximum Gasteiger partial charge on any atom is 0.0858 e. The van der Waals surface area contributed by atoms with Crippen molar-refractivity contribution < 1.29 is 4.74 Å². The van der Waals surface area contributed by atoms with Gasteiger partial charge in [-0.05, 0) is 42.7 Å². The van der Waals surface area contributed by atoms with Crippen LogP contribution in [0.5, 0.6) is 0 Å². The molecule has 0 fully saturated rings. The molecule has 3 nitrogen and oxygen atoms in total. The summed E-state index contributed by atoms with van der Waals surface area (Å²) in [5.41, 5.74) is 3.81. The first-order chi connectivity index (χ1) is 7.18. The fraction of sp³-hybridized carbons (Fsp3) is 0.636. The lowest BCUT2D eigenvalue weighted by atomic mass is 9.89. The van der Waals surface area contributed by atoms with Crippen LogP contribution in [-0.2, 0) is 4.74 Å². The second kappa shape index (κ2) is 5.61. The van der Waals surface area contributed by atoms with E-state index in [2.05, 4.69) is 36.1 Å². The Bertz CT molecular complexity index is 276. The van der Waals surface area contributed by atoms with E-state index in [1.165, 1.54) is 5.56 Å². The van der Waals surface area contributed by atoms with Crippen molar-refractivity contribution in [2.24, 2.45) is 5.84 Å². The highest BCUT2D eigenvalue weighted by atomic mass is 32.1. The minimum atomic E-state index is -0.245. The highest BCUT2D eigenvalue weighted by molar-refractivity contribution is 7.07. The molecule has 4 heteroatoms. The summed E-state index contributed by atoms with van der Waals surface area (Å²) in [6.07, 6.45) is 0.922. The molecule has 0 amide bonds. The zero-order valence-electron chi connectivity index (χ0n) is 9.62.